The topological polar surface area (TPSA) is 82.2 Å². The molecule has 0 bridgehead atoms. The molecular weight excluding hydrogens is 272 g/mol. The van der Waals surface area contributed by atoms with Crippen molar-refractivity contribution in [2.24, 2.45) is 0 Å². The summed E-state index contributed by atoms with van der Waals surface area (Å²) in [5, 5.41) is 18.6. The minimum Gasteiger partial charge on any atom is -0.379 e. The van der Waals surface area contributed by atoms with Crippen molar-refractivity contribution in [2.45, 2.75) is 59.6 Å². The Balaban J connectivity index is 2.58. The van der Waals surface area contributed by atoms with Crippen LogP contribution in [0.15, 0.2) is 0 Å². The first kappa shape index (κ1) is 17.4. The number of hydrogen-bond donors (Lipinski definition) is 1. The van der Waals surface area contributed by atoms with E-state index in [4.69, 9.17) is 4.74 Å². The van der Waals surface area contributed by atoms with E-state index in [2.05, 4.69) is 10.4 Å². The van der Waals surface area contributed by atoms with Gasteiger partial charge in [0.25, 0.3) is 0 Å². The third-order valence-corrected chi connectivity index (χ3v) is 3.03. The van der Waals surface area contributed by atoms with Crippen LogP contribution in [0.4, 0.5) is 11.5 Å². The summed E-state index contributed by atoms with van der Waals surface area (Å²) >= 11 is 0. The van der Waals surface area contributed by atoms with Crippen LogP contribution in [-0.2, 0) is 11.3 Å². The fraction of sp³-hybridized carbons (Fsp3) is 0.786. The minimum absolute atomic E-state index is 0.0851. The molecule has 1 heterocycles. The molecule has 0 saturated heterocycles. The smallest absolute Gasteiger partial charge is 0.333 e. The zero-order chi connectivity index (χ0) is 15.8. The number of nitrogens with zero attached hydrogens (tertiary/aromatic N) is 3. The lowest BCUT2D eigenvalue weighted by Crippen LogP contribution is -2.11. The van der Waals surface area contributed by atoms with E-state index in [1.165, 1.54) is 0 Å². The van der Waals surface area contributed by atoms with Gasteiger partial charge in [-0.25, -0.2) is 4.68 Å². The zero-order valence-corrected chi connectivity index (χ0v) is 13.4. The number of unbranched alkanes of at least 4 members (excludes halogenated alkanes) is 1. The average Bonchev–Trinajstić information content (AvgIpc) is 2.70. The van der Waals surface area contributed by atoms with Crippen LogP contribution in [0.2, 0.25) is 0 Å². The van der Waals surface area contributed by atoms with Crippen molar-refractivity contribution in [1.82, 2.24) is 9.78 Å². The van der Waals surface area contributed by atoms with Gasteiger partial charge in [0.2, 0.25) is 5.82 Å². The highest BCUT2D eigenvalue weighted by Gasteiger charge is 2.24. The molecule has 0 radical (unpaired) electrons. The molecule has 0 unspecified atom stereocenters. The van der Waals surface area contributed by atoms with E-state index in [-0.39, 0.29) is 16.7 Å². The third kappa shape index (κ3) is 5.34. The molecule has 7 nitrogen and oxygen atoms in total. The Morgan fingerprint density at radius 3 is 2.71 bits per heavy atom. The maximum atomic E-state index is 11.2. The van der Waals surface area contributed by atoms with Gasteiger partial charge in [0.1, 0.15) is 5.69 Å². The van der Waals surface area contributed by atoms with E-state index in [0.29, 0.717) is 31.2 Å². The Labute approximate surface area is 125 Å². The first-order valence-electron chi connectivity index (χ1n) is 7.54. The molecule has 1 rings (SSSR count). The molecule has 0 aliphatic rings. The number of aromatic nitrogens is 2. The van der Waals surface area contributed by atoms with Gasteiger partial charge >= 0.3 is 5.69 Å². The van der Waals surface area contributed by atoms with Crippen molar-refractivity contribution >= 4 is 11.5 Å². The van der Waals surface area contributed by atoms with Gasteiger partial charge in [0, 0.05) is 19.7 Å². The second-order valence-electron chi connectivity index (χ2n) is 5.32. The van der Waals surface area contributed by atoms with Crippen LogP contribution in [-0.4, -0.2) is 34.0 Å². The fourth-order valence-corrected chi connectivity index (χ4v) is 2.09. The van der Waals surface area contributed by atoms with Crippen LogP contribution >= 0.6 is 0 Å². The van der Waals surface area contributed by atoms with Gasteiger partial charge < -0.3 is 10.1 Å². The van der Waals surface area contributed by atoms with Gasteiger partial charge in [0.05, 0.1) is 11.0 Å². The molecule has 0 saturated carbocycles. The molecular formula is C14H26N4O3. The maximum Gasteiger partial charge on any atom is 0.333 e. The van der Waals surface area contributed by atoms with Crippen LogP contribution in [0.3, 0.4) is 0 Å². The molecule has 0 spiro atoms. The molecule has 0 aliphatic carbocycles. The average molecular weight is 298 g/mol. The fourth-order valence-electron chi connectivity index (χ4n) is 2.09. The molecule has 1 N–H and O–H groups in total. The van der Waals surface area contributed by atoms with Crippen LogP contribution < -0.4 is 5.32 Å². The SMILES string of the molecule is CCCn1nc(C)c([N+](=O)[O-])c1NCCCCOC(C)C. The quantitative estimate of drug-likeness (QED) is 0.407. The van der Waals surface area contributed by atoms with Crippen LogP contribution in [0.25, 0.3) is 0 Å². The van der Waals surface area contributed by atoms with E-state index in [9.17, 15) is 10.1 Å². The molecule has 21 heavy (non-hydrogen) atoms. The summed E-state index contributed by atoms with van der Waals surface area (Å²) in [6.07, 6.45) is 2.96. The molecule has 1 aromatic rings. The standard InChI is InChI=1S/C14H26N4O3/c1-5-9-17-14(13(18(19)20)12(4)16-17)15-8-6-7-10-21-11(2)3/h11,15H,5-10H2,1-4H3. The van der Waals surface area contributed by atoms with E-state index in [1.54, 1.807) is 11.6 Å². The highest BCUT2D eigenvalue weighted by molar-refractivity contribution is 5.59. The van der Waals surface area contributed by atoms with Gasteiger partial charge in [-0.1, -0.05) is 6.92 Å². The van der Waals surface area contributed by atoms with Crippen molar-refractivity contribution in [2.75, 3.05) is 18.5 Å². The van der Waals surface area contributed by atoms with Crippen molar-refractivity contribution in [3.8, 4) is 0 Å². The number of hydrogen-bond acceptors (Lipinski definition) is 5. The van der Waals surface area contributed by atoms with E-state index < -0.39 is 0 Å². The van der Waals surface area contributed by atoms with Gasteiger partial charge in [0.15, 0.2) is 0 Å². The minimum atomic E-state index is -0.362. The Morgan fingerprint density at radius 1 is 1.43 bits per heavy atom. The van der Waals surface area contributed by atoms with Gasteiger partial charge in [-0.05, 0) is 40.0 Å². The second-order valence-corrected chi connectivity index (χ2v) is 5.32. The lowest BCUT2D eigenvalue weighted by Gasteiger charge is -2.09. The summed E-state index contributed by atoms with van der Waals surface area (Å²) in [7, 11) is 0. The Kier molecular flexibility index (Phi) is 7.14. The molecule has 0 amide bonds. The highest BCUT2D eigenvalue weighted by atomic mass is 16.6. The monoisotopic (exact) mass is 298 g/mol. The van der Waals surface area contributed by atoms with Gasteiger partial charge in [-0.15, -0.1) is 0 Å². The van der Waals surface area contributed by atoms with Crippen LogP contribution in [0.1, 0.15) is 45.7 Å². The number of nitrogens with one attached hydrogen (secondary N) is 1. The first-order valence-corrected chi connectivity index (χ1v) is 7.54. The normalized spacial score (nSPS) is 11.1. The summed E-state index contributed by atoms with van der Waals surface area (Å²) < 4.78 is 7.16. The predicted molar refractivity (Wildman–Crippen MR) is 82.7 cm³/mol. The number of aryl methyl sites for hydroxylation is 2. The molecule has 0 fully saturated rings. The molecule has 0 atom stereocenters. The summed E-state index contributed by atoms with van der Waals surface area (Å²) in [5.74, 6) is 0.518. The van der Waals surface area contributed by atoms with Crippen LogP contribution in [0.5, 0.6) is 0 Å². The summed E-state index contributed by atoms with van der Waals surface area (Å²) in [6, 6.07) is 0. The number of ether oxygens (including phenoxy) is 1. The second kappa shape index (κ2) is 8.61. The van der Waals surface area contributed by atoms with E-state index in [1.807, 2.05) is 20.8 Å². The molecule has 0 aliphatic heterocycles. The van der Waals surface area contributed by atoms with Crippen molar-refractivity contribution < 1.29 is 9.66 Å². The van der Waals surface area contributed by atoms with Gasteiger partial charge in [-0.3, -0.25) is 10.1 Å². The number of nitro groups is 1. The Bertz CT molecular complexity index is 457. The Hall–Kier alpha value is -1.63. The van der Waals surface area contributed by atoms with Crippen molar-refractivity contribution in [3.05, 3.63) is 15.8 Å². The zero-order valence-electron chi connectivity index (χ0n) is 13.4. The third-order valence-electron chi connectivity index (χ3n) is 3.03. The lowest BCUT2D eigenvalue weighted by molar-refractivity contribution is -0.384. The first-order chi connectivity index (χ1) is 9.97. The number of rotatable bonds is 10. The van der Waals surface area contributed by atoms with E-state index in [0.717, 1.165) is 19.3 Å². The number of anilines is 1. The Morgan fingerprint density at radius 2 is 2.14 bits per heavy atom. The summed E-state index contributed by atoms with van der Waals surface area (Å²) in [4.78, 5) is 10.8. The van der Waals surface area contributed by atoms with Crippen molar-refractivity contribution in [3.63, 3.8) is 0 Å². The summed E-state index contributed by atoms with van der Waals surface area (Å²) in [6.45, 7) is 9.78. The predicted octanol–water partition coefficient (Wildman–Crippen LogP) is 3.13. The van der Waals surface area contributed by atoms with E-state index >= 15 is 0 Å². The molecule has 120 valence electrons. The van der Waals surface area contributed by atoms with Crippen molar-refractivity contribution in [1.29, 1.82) is 0 Å². The maximum absolute atomic E-state index is 11.2. The molecule has 1 aromatic heterocycles. The highest BCUT2D eigenvalue weighted by Crippen LogP contribution is 2.28. The lowest BCUT2D eigenvalue weighted by atomic mass is 10.3. The summed E-state index contributed by atoms with van der Waals surface area (Å²) in [5.41, 5.74) is 0.543. The molecule has 0 aromatic carbocycles. The molecule has 7 heteroatoms. The largest absolute Gasteiger partial charge is 0.379 e. The van der Waals surface area contributed by atoms with Gasteiger partial charge in [-0.2, -0.15) is 5.10 Å². The van der Waals surface area contributed by atoms with Crippen LogP contribution in [0, 0.1) is 17.0 Å².